The summed E-state index contributed by atoms with van der Waals surface area (Å²) in [6, 6.07) is 6.35. The van der Waals surface area contributed by atoms with Crippen LogP contribution in [0.5, 0.6) is 0 Å². The molecule has 0 saturated carbocycles. The monoisotopic (exact) mass is 423 g/mol. The smallest absolute Gasteiger partial charge is 0.276 e. The van der Waals surface area contributed by atoms with Crippen LogP contribution in [0.3, 0.4) is 0 Å². The highest BCUT2D eigenvalue weighted by atomic mass is 35.5. The Balaban J connectivity index is 0.00000280. The first-order valence-electron chi connectivity index (χ1n) is 8.46. The van der Waals surface area contributed by atoms with E-state index in [1.165, 1.54) is 23.0 Å². The molecule has 0 aliphatic carbocycles. The van der Waals surface area contributed by atoms with Crippen molar-refractivity contribution in [2.75, 3.05) is 0 Å². The minimum absolute atomic E-state index is 0. The van der Waals surface area contributed by atoms with Gasteiger partial charge in [-0.3, -0.25) is 14.9 Å². The topological polar surface area (TPSA) is 110 Å². The highest BCUT2D eigenvalue weighted by Gasteiger charge is 2.24. The minimum Gasteiger partial charge on any atom is -0.294 e. The fraction of sp³-hybridized carbons (Fsp3) is 0.278. The second-order valence-electron chi connectivity index (χ2n) is 6.50. The van der Waals surface area contributed by atoms with E-state index in [2.05, 4.69) is 19.8 Å². The van der Waals surface area contributed by atoms with Gasteiger partial charge in [-0.25, -0.2) is 18.1 Å². The number of H-pyrrole nitrogens is 1. The molecule has 3 heterocycles. The van der Waals surface area contributed by atoms with E-state index in [1.54, 1.807) is 39.2 Å². The molecule has 0 saturated heterocycles. The number of pyridine rings is 2. The third-order valence-electron chi connectivity index (χ3n) is 3.94. The van der Waals surface area contributed by atoms with Crippen molar-refractivity contribution in [3.63, 3.8) is 0 Å². The van der Waals surface area contributed by atoms with Crippen molar-refractivity contribution in [1.29, 1.82) is 0 Å². The lowest BCUT2D eigenvalue weighted by Gasteiger charge is -2.12. The molecule has 8 nitrogen and oxygen atoms in total. The zero-order valence-corrected chi connectivity index (χ0v) is 17.3. The van der Waals surface area contributed by atoms with E-state index in [-0.39, 0.29) is 34.7 Å². The van der Waals surface area contributed by atoms with E-state index in [0.29, 0.717) is 17.7 Å². The van der Waals surface area contributed by atoms with Gasteiger partial charge >= 0.3 is 0 Å². The average Bonchev–Trinajstić information content (AvgIpc) is 2.90. The highest BCUT2D eigenvalue weighted by Crippen LogP contribution is 2.17. The molecule has 0 fully saturated rings. The number of nitrogens with one attached hydrogen (secondary N) is 2. The van der Waals surface area contributed by atoms with Crippen LogP contribution in [-0.4, -0.2) is 34.2 Å². The zero-order chi connectivity index (χ0) is 19.6. The predicted octanol–water partition coefficient (Wildman–Crippen LogP) is 1.96. The molecule has 3 rings (SSSR count). The van der Waals surface area contributed by atoms with E-state index >= 15 is 0 Å². The molecule has 0 aliphatic heterocycles. The number of sulfonamides is 1. The number of rotatable bonds is 6. The van der Waals surface area contributed by atoms with E-state index < -0.39 is 10.0 Å². The lowest BCUT2D eigenvalue weighted by atomic mass is 10.1. The van der Waals surface area contributed by atoms with Crippen LogP contribution in [0.1, 0.15) is 30.7 Å². The van der Waals surface area contributed by atoms with Gasteiger partial charge in [0.1, 0.15) is 4.90 Å². The van der Waals surface area contributed by atoms with Gasteiger partial charge in [-0.15, -0.1) is 12.4 Å². The molecule has 0 aromatic carbocycles. The van der Waals surface area contributed by atoms with E-state index in [9.17, 15) is 13.2 Å². The van der Waals surface area contributed by atoms with Crippen LogP contribution in [0, 0.1) is 6.92 Å². The van der Waals surface area contributed by atoms with Crippen molar-refractivity contribution in [3.8, 4) is 5.82 Å². The zero-order valence-electron chi connectivity index (χ0n) is 15.7. The normalized spacial score (nSPS) is 11.4. The maximum Gasteiger partial charge on any atom is 0.276 e. The summed E-state index contributed by atoms with van der Waals surface area (Å²) in [7, 11) is -3.82. The summed E-state index contributed by atoms with van der Waals surface area (Å²) in [6.07, 6.45) is 5.20. The molecule has 28 heavy (non-hydrogen) atoms. The summed E-state index contributed by atoms with van der Waals surface area (Å²) in [5.74, 6) is 0.0381. The molecule has 0 amide bonds. The molecule has 2 N–H and O–H groups in total. The van der Waals surface area contributed by atoms with Crippen LogP contribution in [0.15, 0.2) is 52.5 Å². The third-order valence-corrected chi connectivity index (χ3v) is 5.62. The van der Waals surface area contributed by atoms with Crippen molar-refractivity contribution in [2.24, 2.45) is 0 Å². The van der Waals surface area contributed by atoms with Gasteiger partial charge in [-0.05, 0) is 44.5 Å². The molecule has 0 aliphatic rings. The Labute approximate surface area is 169 Å². The summed E-state index contributed by atoms with van der Waals surface area (Å²) in [6.45, 7) is 5.22. The maximum absolute atomic E-state index is 13.0. The van der Waals surface area contributed by atoms with E-state index in [0.717, 1.165) is 5.56 Å². The maximum atomic E-state index is 13.0. The number of aromatic nitrogens is 4. The van der Waals surface area contributed by atoms with Crippen molar-refractivity contribution < 1.29 is 8.42 Å². The Hall–Kier alpha value is -2.49. The Morgan fingerprint density at radius 1 is 1.21 bits per heavy atom. The van der Waals surface area contributed by atoms with Crippen LogP contribution in [-0.2, 0) is 16.4 Å². The van der Waals surface area contributed by atoms with Crippen LogP contribution >= 0.6 is 12.4 Å². The number of hydrogen-bond acceptors (Lipinski definition) is 5. The standard InChI is InChI=1S/C18H21N5O3S.ClH/c1-12(2)22-27(25,26)16-7-5-9-20-17(16)23-18(24)15(13(3)21-23)10-14-6-4-8-19-11-14;/h4-9,11-12,21-22H,10H2,1-3H3;1H. The van der Waals surface area contributed by atoms with Crippen molar-refractivity contribution in [2.45, 2.75) is 38.1 Å². The Kier molecular flexibility index (Phi) is 6.76. The van der Waals surface area contributed by atoms with Crippen LogP contribution in [0.25, 0.3) is 5.82 Å². The van der Waals surface area contributed by atoms with Gasteiger partial charge in [0.15, 0.2) is 5.82 Å². The number of halogens is 1. The molecule has 150 valence electrons. The number of aromatic amines is 1. The van der Waals surface area contributed by atoms with Gasteiger partial charge in [0.25, 0.3) is 5.56 Å². The second kappa shape index (κ2) is 8.68. The molecule has 0 bridgehead atoms. The van der Waals surface area contributed by atoms with Gasteiger partial charge < -0.3 is 0 Å². The SMILES string of the molecule is Cc1[nH]n(-c2ncccc2S(=O)(=O)NC(C)C)c(=O)c1Cc1cccnc1.Cl. The predicted molar refractivity (Wildman–Crippen MR) is 109 cm³/mol. The van der Waals surface area contributed by atoms with Crippen LogP contribution in [0.2, 0.25) is 0 Å². The molecular weight excluding hydrogens is 402 g/mol. The first-order valence-corrected chi connectivity index (χ1v) is 9.95. The van der Waals surface area contributed by atoms with Gasteiger partial charge in [-0.1, -0.05) is 6.07 Å². The molecule has 3 aromatic rings. The third kappa shape index (κ3) is 4.49. The number of aryl methyl sites for hydroxylation is 1. The summed E-state index contributed by atoms with van der Waals surface area (Å²) >= 11 is 0. The summed E-state index contributed by atoms with van der Waals surface area (Å²) in [5.41, 5.74) is 1.73. The Bertz CT molecular complexity index is 1110. The van der Waals surface area contributed by atoms with Gasteiger partial charge in [0.05, 0.1) is 0 Å². The fourth-order valence-electron chi connectivity index (χ4n) is 2.78. The molecule has 0 atom stereocenters. The highest BCUT2D eigenvalue weighted by molar-refractivity contribution is 7.89. The fourth-order valence-corrected chi connectivity index (χ4v) is 4.17. The Morgan fingerprint density at radius 2 is 1.93 bits per heavy atom. The number of hydrogen-bond donors (Lipinski definition) is 2. The molecule has 0 unspecified atom stereocenters. The Morgan fingerprint density at radius 3 is 2.57 bits per heavy atom. The quantitative estimate of drug-likeness (QED) is 0.629. The lowest BCUT2D eigenvalue weighted by molar-refractivity contribution is 0.568. The summed E-state index contributed by atoms with van der Waals surface area (Å²) in [5, 5.41) is 2.94. The van der Waals surface area contributed by atoms with Gasteiger partial charge in [-0.2, -0.15) is 4.68 Å². The van der Waals surface area contributed by atoms with Crippen LogP contribution < -0.4 is 10.3 Å². The first kappa shape index (κ1) is 21.8. The van der Waals surface area contributed by atoms with Crippen molar-refractivity contribution >= 4 is 22.4 Å². The average molecular weight is 424 g/mol. The van der Waals surface area contributed by atoms with Crippen molar-refractivity contribution in [1.82, 2.24) is 24.5 Å². The van der Waals surface area contributed by atoms with Crippen molar-refractivity contribution in [3.05, 3.63) is 70.0 Å². The van der Waals surface area contributed by atoms with Crippen LogP contribution in [0.4, 0.5) is 0 Å². The first-order chi connectivity index (χ1) is 12.8. The molecule has 10 heteroatoms. The molecule has 0 spiro atoms. The molecule has 3 aromatic heterocycles. The lowest BCUT2D eigenvalue weighted by Crippen LogP contribution is -2.32. The minimum atomic E-state index is -3.82. The second-order valence-corrected chi connectivity index (χ2v) is 8.18. The van der Waals surface area contributed by atoms with E-state index in [4.69, 9.17) is 0 Å². The van der Waals surface area contributed by atoms with E-state index in [1.807, 2.05) is 6.07 Å². The van der Waals surface area contributed by atoms with Gasteiger partial charge in [0.2, 0.25) is 10.0 Å². The molecular formula is C18H22ClN5O3S. The summed E-state index contributed by atoms with van der Waals surface area (Å²) in [4.78, 5) is 21.1. The summed E-state index contributed by atoms with van der Waals surface area (Å²) < 4.78 is 29.0. The molecule has 0 radical (unpaired) electrons. The van der Waals surface area contributed by atoms with Gasteiger partial charge in [0, 0.05) is 42.3 Å². The number of nitrogens with zero attached hydrogens (tertiary/aromatic N) is 3. The largest absolute Gasteiger partial charge is 0.294 e.